The molecule has 0 saturated heterocycles. The molecule has 2 heterocycles. The smallest absolute Gasteiger partial charge is 0.204 e. The van der Waals surface area contributed by atoms with Gasteiger partial charge in [0.1, 0.15) is 11.3 Å². The average molecular weight is 398 g/mol. The molecule has 0 radical (unpaired) electrons. The summed E-state index contributed by atoms with van der Waals surface area (Å²) in [6.07, 6.45) is 0. The van der Waals surface area contributed by atoms with Crippen molar-refractivity contribution in [2.45, 2.75) is 13.8 Å². The van der Waals surface area contributed by atoms with Gasteiger partial charge in [-0.05, 0) is 38.1 Å². The number of para-hydroxylation sites is 1. The number of fused-ring (bicyclic) bond motifs is 2. The normalized spacial score (nSPS) is 12.0. The molecular weight excluding hydrogens is 378 g/mol. The molecule has 0 bridgehead atoms. The van der Waals surface area contributed by atoms with Crippen LogP contribution in [-0.4, -0.2) is 4.98 Å². The molecule has 0 unspecified atom stereocenters. The van der Waals surface area contributed by atoms with Crippen molar-refractivity contribution in [3.05, 3.63) is 89.3 Å². The highest BCUT2D eigenvalue weighted by Crippen LogP contribution is 2.26. The number of benzene rings is 3. The summed E-state index contributed by atoms with van der Waals surface area (Å²) in [7, 11) is 0. The van der Waals surface area contributed by atoms with Gasteiger partial charge in [0.2, 0.25) is 5.13 Å². The highest BCUT2D eigenvalue weighted by atomic mass is 32.1. The molecular formula is C24H19N3OS. The third-order valence-electron chi connectivity index (χ3n) is 4.80. The van der Waals surface area contributed by atoms with Crippen molar-refractivity contribution >= 4 is 37.7 Å². The van der Waals surface area contributed by atoms with Gasteiger partial charge in [-0.3, -0.25) is 5.43 Å². The number of hydrogen-bond donors (Lipinski definition) is 1. The number of anilines is 1. The van der Waals surface area contributed by atoms with E-state index in [-0.39, 0.29) is 0 Å². The molecule has 0 aliphatic carbocycles. The summed E-state index contributed by atoms with van der Waals surface area (Å²) in [5.74, 6) is 0.784. The van der Waals surface area contributed by atoms with Crippen molar-refractivity contribution in [3.8, 4) is 11.3 Å². The minimum atomic E-state index is 0.768. The van der Waals surface area contributed by atoms with Crippen LogP contribution in [-0.2, 0) is 0 Å². The Morgan fingerprint density at radius 2 is 1.69 bits per heavy atom. The SMILES string of the molecule is Cc1ccc(-c2cc(=NNc3nc4ccccc4s3)c3cc(C)ccc3o2)cc1. The van der Waals surface area contributed by atoms with Crippen LogP contribution in [0.5, 0.6) is 0 Å². The van der Waals surface area contributed by atoms with Gasteiger partial charge in [-0.1, -0.05) is 64.9 Å². The highest BCUT2D eigenvalue weighted by molar-refractivity contribution is 7.22. The van der Waals surface area contributed by atoms with Gasteiger partial charge in [0.25, 0.3) is 0 Å². The largest absolute Gasteiger partial charge is 0.456 e. The van der Waals surface area contributed by atoms with Crippen molar-refractivity contribution in [1.82, 2.24) is 4.98 Å². The van der Waals surface area contributed by atoms with Crippen LogP contribution in [0.15, 0.2) is 82.3 Å². The second-order valence-electron chi connectivity index (χ2n) is 7.07. The maximum Gasteiger partial charge on any atom is 0.204 e. The van der Waals surface area contributed by atoms with Gasteiger partial charge in [0.15, 0.2) is 0 Å². The van der Waals surface area contributed by atoms with E-state index >= 15 is 0 Å². The number of hydrogen-bond acceptors (Lipinski definition) is 5. The second-order valence-corrected chi connectivity index (χ2v) is 8.10. The van der Waals surface area contributed by atoms with Crippen molar-refractivity contribution in [1.29, 1.82) is 0 Å². The van der Waals surface area contributed by atoms with Crippen molar-refractivity contribution < 1.29 is 4.42 Å². The van der Waals surface area contributed by atoms with Crippen molar-refractivity contribution in [2.75, 3.05) is 5.43 Å². The van der Waals surface area contributed by atoms with E-state index in [0.717, 1.165) is 48.6 Å². The van der Waals surface area contributed by atoms with Crippen LogP contribution in [0.25, 0.3) is 32.5 Å². The quantitative estimate of drug-likeness (QED) is 0.366. The lowest BCUT2D eigenvalue weighted by Crippen LogP contribution is -2.07. The fraction of sp³-hybridized carbons (Fsp3) is 0.0833. The number of nitrogens with one attached hydrogen (secondary N) is 1. The fourth-order valence-electron chi connectivity index (χ4n) is 3.26. The Balaban J connectivity index is 1.64. The molecule has 0 atom stereocenters. The summed E-state index contributed by atoms with van der Waals surface area (Å²) in [5, 5.41) is 7.24. The Kier molecular flexibility index (Phi) is 4.37. The summed E-state index contributed by atoms with van der Waals surface area (Å²) in [5.41, 5.74) is 8.31. The Morgan fingerprint density at radius 1 is 0.897 bits per heavy atom. The fourth-order valence-corrected chi connectivity index (χ4v) is 4.07. The molecule has 29 heavy (non-hydrogen) atoms. The molecule has 142 valence electrons. The maximum atomic E-state index is 6.18. The van der Waals surface area contributed by atoms with Gasteiger partial charge in [0, 0.05) is 17.0 Å². The van der Waals surface area contributed by atoms with Crippen molar-refractivity contribution in [3.63, 3.8) is 0 Å². The summed E-state index contributed by atoms with van der Waals surface area (Å²) < 4.78 is 7.32. The molecule has 4 nitrogen and oxygen atoms in total. The standard InChI is InChI=1S/C24H19N3OS/c1-15-7-10-17(11-8-15)22-14-20(18-13-16(2)9-12-21(18)28-22)26-27-24-25-19-5-3-4-6-23(19)29-24/h3-14H,1-2H3,(H,25,27). The molecule has 0 spiro atoms. The molecule has 1 N–H and O–H groups in total. The van der Waals surface area contributed by atoms with Gasteiger partial charge in [-0.15, -0.1) is 0 Å². The Hall–Kier alpha value is -3.44. The maximum absolute atomic E-state index is 6.18. The van der Waals surface area contributed by atoms with Gasteiger partial charge >= 0.3 is 0 Å². The van der Waals surface area contributed by atoms with Crippen molar-refractivity contribution in [2.24, 2.45) is 5.10 Å². The number of rotatable bonds is 3. The number of aromatic nitrogens is 1. The van der Waals surface area contributed by atoms with E-state index in [9.17, 15) is 0 Å². The zero-order valence-electron chi connectivity index (χ0n) is 16.1. The van der Waals surface area contributed by atoms with E-state index < -0.39 is 0 Å². The Labute approximate surface area is 172 Å². The first-order valence-electron chi connectivity index (χ1n) is 9.43. The van der Waals surface area contributed by atoms with Gasteiger partial charge in [-0.2, -0.15) is 5.10 Å². The topological polar surface area (TPSA) is 50.4 Å². The monoisotopic (exact) mass is 397 g/mol. The van der Waals surface area contributed by atoms with Crippen LogP contribution >= 0.6 is 11.3 Å². The van der Waals surface area contributed by atoms with Crippen LogP contribution in [0, 0.1) is 13.8 Å². The number of thiazole rings is 1. The molecule has 2 aromatic heterocycles. The average Bonchev–Trinajstić information content (AvgIpc) is 3.15. The van der Waals surface area contributed by atoms with E-state index in [0.29, 0.717) is 0 Å². The second kappa shape index (κ2) is 7.18. The lowest BCUT2D eigenvalue weighted by molar-refractivity contribution is 0.618. The predicted molar refractivity (Wildman–Crippen MR) is 120 cm³/mol. The summed E-state index contributed by atoms with van der Waals surface area (Å²) in [6.45, 7) is 4.14. The summed E-state index contributed by atoms with van der Waals surface area (Å²) >= 11 is 1.59. The molecule has 5 rings (SSSR count). The lowest BCUT2D eigenvalue weighted by atomic mass is 10.1. The van der Waals surface area contributed by atoms with Gasteiger partial charge < -0.3 is 4.42 Å². The van der Waals surface area contributed by atoms with Crippen LogP contribution in [0.2, 0.25) is 0 Å². The van der Waals surface area contributed by atoms with E-state index in [1.165, 1.54) is 5.56 Å². The van der Waals surface area contributed by atoms with E-state index in [1.807, 2.05) is 30.3 Å². The molecule has 0 aliphatic heterocycles. The summed E-state index contributed by atoms with van der Waals surface area (Å²) in [6, 6.07) is 24.5. The zero-order valence-corrected chi connectivity index (χ0v) is 17.0. The number of nitrogens with zero attached hydrogens (tertiary/aromatic N) is 2. The predicted octanol–water partition coefficient (Wildman–Crippen LogP) is 6.25. The number of aryl methyl sites for hydroxylation is 2. The van der Waals surface area contributed by atoms with E-state index in [2.05, 4.69) is 71.8 Å². The van der Waals surface area contributed by atoms with E-state index in [1.54, 1.807) is 11.3 Å². The van der Waals surface area contributed by atoms with Gasteiger partial charge in [-0.25, -0.2) is 4.98 Å². The zero-order chi connectivity index (χ0) is 19.8. The highest BCUT2D eigenvalue weighted by Gasteiger charge is 2.07. The van der Waals surface area contributed by atoms with E-state index in [4.69, 9.17) is 4.42 Å². The minimum Gasteiger partial charge on any atom is -0.456 e. The van der Waals surface area contributed by atoms with Crippen LogP contribution in [0.1, 0.15) is 11.1 Å². The lowest BCUT2D eigenvalue weighted by Gasteiger charge is -2.06. The van der Waals surface area contributed by atoms with Crippen LogP contribution in [0.3, 0.4) is 0 Å². The molecule has 0 fully saturated rings. The Bertz CT molecular complexity index is 1360. The summed E-state index contributed by atoms with van der Waals surface area (Å²) in [4.78, 5) is 4.61. The Morgan fingerprint density at radius 3 is 2.52 bits per heavy atom. The first-order valence-corrected chi connectivity index (χ1v) is 10.2. The first-order chi connectivity index (χ1) is 14.2. The minimum absolute atomic E-state index is 0.768. The third-order valence-corrected chi connectivity index (χ3v) is 5.74. The molecule has 0 aliphatic rings. The third kappa shape index (κ3) is 3.52. The molecule has 0 amide bonds. The van der Waals surface area contributed by atoms with Crippen LogP contribution < -0.4 is 10.8 Å². The first kappa shape index (κ1) is 17.6. The molecule has 5 aromatic rings. The van der Waals surface area contributed by atoms with Crippen LogP contribution in [0.4, 0.5) is 5.13 Å². The molecule has 3 aromatic carbocycles. The molecule has 0 saturated carbocycles. The molecule has 5 heteroatoms. The van der Waals surface area contributed by atoms with Gasteiger partial charge in [0.05, 0.1) is 15.6 Å².